The summed E-state index contributed by atoms with van der Waals surface area (Å²) in [6.07, 6.45) is 0. The first-order valence-corrected chi connectivity index (χ1v) is 2.49. The summed E-state index contributed by atoms with van der Waals surface area (Å²) in [7, 11) is 1.52. The number of rotatable bonds is 2. The number of thiol groups is 1. The highest BCUT2D eigenvalue weighted by atomic mass is 32.1. The van der Waals surface area contributed by atoms with E-state index in [2.05, 4.69) is 17.9 Å². The van der Waals surface area contributed by atoms with Crippen LogP contribution in [0.25, 0.3) is 0 Å². The van der Waals surface area contributed by atoms with Crippen molar-refractivity contribution in [1.82, 2.24) is 5.32 Å². The lowest BCUT2D eigenvalue weighted by molar-refractivity contribution is -0.133. The number of nitrogens with one attached hydrogen (secondary N) is 1. The van der Waals surface area contributed by atoms with E-state index in [-0.39, 0.29) is 5.70 Å². The maximum atomic E-state index is 9.98. The standard InChI is InChI=1S/C4H7NO2S/c1-5-3(2-8)4(6)7/h2,5,8H,1H3,(H,6,7)/b3-2-. The fourth-order valence-corrected chi connectivity index (χ4v) is 0.466. The van der Waals surface area contributed by atoms with E-state index >= 15 is 0 Å². The van der Waals surface area contributed by atoms with Crippen molar-refractivity contribution in [3.8, 4) is 0 Å². The first-order valence-electron chi connectivity index (χ1n) is 1.97. The number of hydrogen-bond donors (Lipinski definition) is 3. The quantitative estimate of drug-likeness (QED) is 0.369. The molecule has 46 valence electrons. The highest BCUT2D eigenvalue weighted by Crippen LogP contribution is 1.88. The summed E-state index contributed by atoms with van der Waals surface area (Å²) in [6.45, 7) is 0. The number of carboxylic acids is 1. The normalized spacial score (nSPS) is 11.0. The fraction of sp³-hybridized carbons (Fsp3) is 0.250. The Hall–Kier alpha value is -0.640. The Balaban J connectivity index is 3.92. The fourth-order valence-electron chi connectivity index (χ4n) is 0.227. The maximum absolute atomic E-state index is 9.98. The molecule has 0 radical (unpaired) electrons. The molecule has 0 saturated carbocycles. The minimum atomic E-state index is -0.998. The molecule has 8 heavy (non-hydrogen) atoms. The Bertz CT molecular complexity index is 121. The number of carbonyl (C=O) groups is 1. The molecule has 0 aromatic heterocycles. The second kappa shape index (κ2) is 3.37. The molecule has 0 fully saturated rings. The predicted molar refractivity (Wildman–Crippen MR) is 33.8 cm³/mol. The van der Waals surface area contributed by atoms with E-state index < -0.39 is 5.97 Å². The Morgan fingerprint density at radius 2 is 2.38 bits per heavy atom. The Labute approximate surface area is 52.8 Å². The van der Waals surface area contributed by atoms with Crippen LogP contribution in [0.5, 0.6) is 0 Å². The molecule has 0 bridgehead atoms. The first-order chi connectivity index (χ1) is 3.72. The predicted octanol–water partition coefficient (Wildman–Crippen LogP) is 0.0616. The Morgan fingerprint density at radius 3 is 2.38 bits per heavy atom. The zero-order valence-corrected chi connectivity index (χ0v) is 5.27. The van der Waals surface area contributed by atoms with Crippen LogP contribution in [0, 0.1) is 0 Å². The molecule has 0 spiro atoms. The Kier molecular flexibility index (Phi) is 3.10. The van der Waals surface area contributed by atoms with Gasteiger partial charge >= 0.3 is 5.97 Å². The van der Waals surface area contributed by atoms with Gasteiger partial charge in [-0.3, -0.25) is 0 Å². The van der Waals surface area contributed by atoms with Crippen LogP contribution in [-0.4, -0.2) is 18.1 Å². The van der Waals surface area contributed by atoms with Crippen molar-refractivity contribution in [2.75, 3.05) is 7.05 Å². The lowest BCUT2D eigenvalue weighted by Gasteiger charge is -1.94. The van der Waals surface area contributed by atoms with Crippen LogP contribution in [0.3, 0.4) is 0 Å². The molecule has 0 unspecified atom stereocenters. The Morgan fingerprint density at radius 1 is 1.88 bits per heavy atom. The summed E-state index contributed by atoms with van der Waals surface area (Å²) >= 11 is 3.63. The van der Waals surface area contributed by atoms with Crippen molar-refractivity contribution >= 4 is 18.6 Å². The largest absolute Gasteiger partial charge is 0.477 e. The molecule has 0 aliphatic carbocycles. The van der Waals surface area contributed by atoms with Crippen LogP contribution in [0.4, 0.5) is 0 Å². The molecular weight excluding hydrogens is 126 g/mol. The van der Waals surface area contributed by atoms with E-state index in [4.69, 9.17) is 5.11 Å². The van der Waals surface area contributed by atoms with Crippen molar-refractivity contribution in [3.05, 3.63) is 11.1 Å². The van der Waals surface area contributed by atoms with Gasteiger partial charge in [-0.2, -0.15) is 0 Å². The van der Waals surface area contributed by atoms with Crippen molar-refractivity contribution in [2.24, 2.45) is 0 Å². The van der Waals surface area contributed by atoms with Gasteiger partial charge in [-0.1, -0.05) is 0 Å². The number of carboxylic acid groups (broad SMARTS) is 1. The molecule has 0 aromatic rings. The summed E-state index contributed by atoms with van der Waals surface area (Å²) in [5, 5.41) is 11.8. The molecule has 0 rings (SSSR count). The summed E-state index contributed by atoms with van der Waals surface area (Å²) in [4.78, 5) is 9.98. The number of hydrogen-bond acceptors (Lipinski definition) is 3. The van der Waals surface area contributed by atoms with Crippen LogP contribution < -0.4 is 5.32 Å². The van der Waals surface area contributed by atoms with Gasteiger partial charge in [0.1, 0.15) is 5.70 Å². The SMILES string of the molecule is CN/C(=C\S)C(=O)O. The van der Waals surface area contributed by atoms with Crippen molar-refractivity contribution in [3.63, 3.8) is 0 Å². The first kappa shape index (κ1) is 7.36. The van der Waals surface area contributed by atoms with Gasteiger partial charge in [0.05, 0.1) is 0 Å². The van der Waals surface area contributed by atoms with Gasteiger partial charge in [0.2, 0.25) is 0 Å². The van der Waals surface area contributed by atoms with E-state index in [1.165, 1.54) is 12.5 Å². The van der Waals surface area contributed by atoms with Crippen LogP contribution >= 0.6 is 12.6 Å². The van der Waals surface area contributed by atoms with E-state index in [1.807, 2.05) is 0 Å². The second-order valence-corrected chi connectivity index (χ2v) is 1.36. The maximum Gasteiger partial charge on any atom is 0.352 e. The monoisotopic (exact) mass is 133 g/mol. The minimum absolute atomic E-state index is 0.0910. The molecule has 4 heteroatoms. The summed E-state index contributed by atoms with van der Waals surface area (Å²) < 4.78 is 0. The molecule has 0 saturated heterocycles. The van der Waals surface area contributed by atoms with Gasteiger partial charge < -0.3 is 10.4 Å². The van der Waals surface area contributed by atoms with E-state index in [1.54, 1.807) is 0 Å². The smallest absolute Gasteiger partial charge is 0.352 e. The second-order valence-electron chi connectivity index (χ2n) is 1.10. The van der Waals surface area contributed by atoms with Gasteiger partial charge in [-0.05, 0) is 5.41 Å². The van der Waals surface area contributed by atoms with E-state index in [0.29, 0.717) is 0 Å². The lowest BCUT2D eigenvalue weighted by atomic mass is 10.5. The van der Waals surface area contributed by atoms with E-state index in [9.17, 15) is 4.79 Å². The van der Waals surface area contributed by atoms with Crippen LogP contribution in [0.15, 0.2) is 11.1 Å². The highest BCUT2D eigenvalue weighted by Gasteiger charge is 1.99. The van der Waals surface area contributed by atoms with Crippen molar-refractivity contribution < 1.29 is 9.90 Å². The summed E-state index contributed by atoms with van der Waals surface area (Å²) in [5.74, 6) is -0.998. The van der Waals surface area contributed by atoms with Gasteiger partial charge in [0.25, 0.3) is 0 Å². The van der Waals surface area contributed by atoms with Crippen LogP contribution in [0.2, 0.25) is 0 Å². The molecule has 0 aliphatic heterocycles. The summed E-state index contributed by atoms with van der Waals surface area (Å²) in [6, 6.07) is 0. The van der Waals surface area contributed by atoms with Crippen molar-refractivity contribution in [2.45, 2.75) is 0 Å². The third kappa shape index (κ3) is 1.88. The number of likely N-dealkylation sites (N-methyl/N-ethyl adjacent to an activating group) is 1. The molecule has 3 nitrogen and oxygen atoms in total. The van der Waals surface area contributed by atoms with Crippen LogP contribution in [-0.2, 0) is 4.79 Å². The molecule has 0 heterocycles. The molecule has 0 aliphatic rings. The van der Waals surface area contributed by atoms with Gasteiger partial charge in [-0.25, -0.2) is 4.79 Å². The third-order valence-corrected chi connectivity index (χ3v) is 0.887. The van der Waals surface area contributed by atoms with E-state index in [0.717, 1.165) is 0 Å². The van der Waals surface area contributed by atoms with Gasteiger partial charge in [-0.15, -0.1) is 12.6 Å². The molecule has 0 aromatic carbocycles. The van der Waals surface area contributed by atoms with Crippen LogP contribution in [0.1, 0.15) is 0 Å². The van der Waals surface area contributed by atoms with Gasteiger partial charge in [0.15, 0.2) is 0 Å². The molecule has 2 N–H and O–H groups in total. The average molecular weight is 133 g/mol. The zero-order chi connectivity index (χ0) is 6.57. The zero-order valence-electron chi connectivity index (χ0n) is 4.38. The lowest BCUT2D eigenvalue weighted by Crippen LogP contribution is -2.14. The molecule has 0 amide bonds. The average Bonchev–Trinajstić information content (AvgIpc) is 1.69. The molecular formula is C4H7NO2S. The van der Waals surface area contributed by atoms with Gasteiger partial charge in [0, 0.05) is 7.05 Å². The topological polar surface area (TPSA) is 49.3 Å². The minimum Gasteiger partial charge on any atom is -0.477 e. The number of aliphatic carboxylic acids is 1. The van der Waals surface area contributed by atoms with Crippen molar-refractivity contribution in [1.29, 1.82) is 0 Å². The summed E-state index contributed by atoms with van der Waals surface area (Å²) in [5.41, 5.74) is 0.0910. The molecule has 0 atom stereocenters. The highest BCUT2D eigenvalue weighted by molar-refractivity contribution is 7.83. The third-order valence-electron chi connectivity index (χ3n) is 0.629.